The molecular formula is C17H28N2O. The zero-order chi connectivity index (χ0) is 14.5. The Kier molecular flexibility index (Phi) is 5.44. The fourth-order valence-electron chi connectivity index (χ4n) is 3.32. The summed E-state index contributed by atoms with van der Waals surface area (Å²) in [5.41, 5.74) is 7.53. The van der Waals surface area contributed by atoms with Crippen LogP contribution in [0.25, 0.3) is 0 Å². The van der Waals surface area contributed by atoms with Gasteiger partial charge in [0.2, 0.25) is 0 Å². The molecule has 1 aliphatic rings. The molecule has 0 aliphatic heterocycles. The van der Waals surface area contributed by atoms with Crippen molar-refractivity contribution in [2.45, 2.75) is 38.8 Å². The maximum absolute atomic E-state index is 6.29. The summed E-state index contributed by atoms with van der Waals surface area (Å²) in [6.07, 6.45) is 3.72. The number of ether oxygens (including phenoxy) is 1. The van der Waals surface area contributed by atoms with Crippen molar-refractivity contribution >= 4 is 0 Å². The summed E-state index contributed by atoms with van der Waals surface area (Å²) < 4.78 is 5.42. The Morgan fingerprint density at radius 3 is 2.80 bits per heavy atom. The minimum Gasteiger partial charge on any atom is -0.496 e. The van der Waals surface area contributed by atoms with E-state index < -0.39 is 0 Å². The zero-order valence-corrected chi connectivity index (χ0v) is 13.0. The Hall–Kier alpha value is -1.06. The van der Waals surface area contributed by atoms with Gasteiger partial charge in [-0.25, -0.2) is 0 Å². The van der Waals surface area contributed by atoms with E-state index >= 15 is 0 Å². The highest BCUT2D eigenvalue weighted by Gasteiger charge is 2.26. The molecule has 3 nitrogen and oxygen atoms in total. The quantitative estimate of drug-likeness (QED) is 0.898. The fraction of sp³-hybridized carbons (Fsp3) is 0.647. The third kappa shape index (κ3) is 3.97. The number of benzene rings is 1. The Balaban J connectivity index is 1.93. The maximum Gasteiger partial charge on any atom is 0.123 e. The lowest BCUT2D eigenvalue weighted by atomic mass is 9.79. The molecule has 3 atom stereocenters. The van der Waals surface area contributed by atoms with Crippen molar-refractivity contribution in [3.8, 4) is 5.75 Å². The Bertz CT molecular complexity index is 421. The Morgan fingerprint density at radius 1 is 1.30 bits per heavy atom. The number of nitrogens with two attached hydrogens (primary N) is 1. The minimum atomic E-state index is 0.367. The molecule has 0 heterocycles. The molecule has 112 valence electrons. The van der Waals surface area contributed by atoms with Gasteiger partial charge in [0.05, 0.1) is 7.11 Å². The summed E-state index contributed by atoms with van der Waals surface area (Å²) in [4.78, 5) is 2.38. The van der Waals surface area contributed by atoms with Gasteiger partial charge in [-0.3, -0.25) is 0 Å². The van der Waals surface area contributed by atoms with Gasteiger partial charge in [-0.05, 0) is 44.2 Å². The fourth-order valence-corrected chi connectivity index (χ4v) is 3.32. The average Bonchev–Trinajstić information content (AvgIpc) is 2.43. The van der Waals surface area contributed by atoms with Gasteiger partial charge in [0.15, 0.2) is 0 Å². The second kappa shape index (κ2) is 7.09. The minimum absolute atomic E-state index is 0.367. The summed E-state index contributed by atoms with van der Waals surface area (Å²) in [7, 11) is 3.91. The molecule has 2 N–H and O–H groups in total. The molecule has 0 amide bonds. The van der Waals surface area contributed by atoms with Crippen LogP contribution in [0.5, 0.6) is 5.75 Å². The van der Waals surface area contributed by atoms with E-state index in [2.05, 4.69) is 31.0 Å². The summed E-state index contributed by atoms with van der Waals surface area (Å²) >= 11 is 0. The molecular weight excluding hydrogens is 248 g/mol. The van der Waals surface area contributed by atoms with Crippen molar-refractivity contribution < 1.29 is 4.74 Å². The van der Waals surface area contributed by atoms with Crippen LogP contribution in [0, 0.1) is 11.8 Å². The van der Waals surface area contributed by atoms with E-state index in [0.29, 0.717) is 12.0 Å². The van der Waals surface area contributed by atoms with Crippen LogP contribution in [-0.2, 0) is 6.54 Å². The highest BCUT2D eigenvalue weighted by Crippen LogP contribution is 2.29. The zero-order valence-electron chi connectivity index (χ0n) is 13.0. The van der Waals surface area contributed by atoms with Crippen molar-refractivity contribution in [1.29, 1.82) is 0 Å². The number of rotatable bonds is 5. The van der Waals surface area contributed by atoms with Gasteiger partial charge in [-0.2, -0.15) is 0 Å². The monoisotopic (exact) mass is 276 g/mol. The Labute approximate surface area is 123 Å². The molecule has 0 spiro atoms. The average molecular weight is 276 g/mol. The van der Waals surface area contributed by atoms with Crippen LogP contribution in [0.1, 0.15) is 31.7 Å². The third-order valence-corrected chi connectivity index (χ3v) is 4.48. The van der Waals surface area contributed by atoms with Crippen molar-refractivity contribution in [1.82, 2.24) is 4.90 Å². The third-order valence-electron chi connectivity index (χ3n) is 4.48. The highest BCUT2D eigenvalue weighted by molar-refractivity contribution is 5.33. The van der Waals surface area contributed by atoms with Gasteiger partial charge in [-0.15, -0.1) is 0 Å². The molecule has 1 saturated carbocycles. The van der Waals surface area contributed by atoms with Gasteiger partial charge >= 0.3 is 0 Å². The van der Waals surface area contributed by atoms with Crippen molar-refractivity contribution in [2.24, 2.45) is 17.6 Å². The van der Waals surface area contributed by atoms with Crippen molar-refractivity contribution in [3.05, 3.63) is 29.8 Å². The van der Waals surface area contributed by atoms with Crippen LogP contribution >= 0.6 is 0 Å². The molecule has 0 aromatic heterocycles. The van der Waals surface area contributed by atoms with Crippen molar-refractivity contribution in [2.75, 3.05) is 20.7 Å². The summed E-state index contributed by atoms with van der Waals surface area (Å²) in [5.74, 6) is 2.42. The predicted octanol–water partition coefficient (Wildman–Crippen LogP) is 2.89. The first-order valence-electron chi connectivity index (χ1n) is 7.66. The van der Waals surface area contributed by atoms with Crippen molar-refractivity contribution in [3.63, 3.8) is 0 Å². The maximum atomic E-state index is 6.29. The summed E-state index contributed by atoms with van der Waals surface area (Å²) in [5, 5.41) is 0. The molecule has 0 bridgehead atoms. The van der Waals surface area contributed by atoms with Crippen LogP contribution in [0.2, 0.25) is 0 Å². The smallest absolute Gasteiger partial charge is 0.123 e. The van der Waals surface area contributed by atoms with Crippen LogP contribution in [0.3, 0.4) is 0 Å². The first-order valence-corrected chi connectivity index (χ1v) is 7.66. The first kappa shape index (κ1) is 15.3. The summed E-state index contributed by atoms with van der Waals surface area (Å²) in [6.45, 7) is 4.34. The second-order valence-corrected chi connectivity index (χ2v) is 6.35. The van der Waals surface area contributed by atoms with Gasteiger partial charge in [0, 0.05) is 24.7 Å². The van der Waals surface area contributed by atoms with Crippen LogP contribution < -0.4 is 10.5 Å². The number of hydrogen-bond donors (Lipinski definition) is 1. The van der Waals surface area contributed by atoms with E-state index in [-0.39, 0.29) is 0 Å². The number of nitrogens with zero attached hydrogens (tertiary/aromatic N) is 1. The van der Waals surface area contributed by atoms with E-state index in [9.17, 15) is 0 Å². The lowest BCUT2D eigenvalue weighted by molar-refractivity contribution is 0.176. The number of hydrogen-bond acceptors (Lipinski definition) is 3. The topological polar surface area (TPSA) is 38.5 Å². The van der Waals surface area contributed by atoms with E-state index in [0.717, 1.165) is 24.8 Å². The van der Waals surface area contributed by atoms with Gasteiger partial charge in [0.1, 0.15) is 5.75 Å². The van der Waals surface area contributed by atoms with E-state index in [1.54, 1.807) is 7.11 Å². The molecule has 1 fully saturated rings. The molecule has 1 aliphatic carbocycles. The van der Waals surface area contributed by atoms with Crippen LogP contribution in [-0.4, -0.2) is 31.6 Å². The van der Waals surface area contributed by atoms with Gasteiger partial charge in [0.25, 0.3) is 0 Å². The van der Waals surface area contributed by atoms with E-state index in [1.807, 2.05) is 12.1 Å². The molecule has 0 saturated heterocycles. The van der Waals surface area contributed by atoms with E-state index in [4.69, 9.17) is 10.5 Å². The number of methoxy groups -OCH3 is 1. The number of para-hydroxylation sites is 1. The lowest BCUT2D eigenvalue weighted by Crippen LogP contribution is -2.41. The highest BCUT2D eigenvalue weighted by atomic mass is 16.5. The molecule has 1 aromatic carbocycles. The molecule has 0 radical (unpaired) electrons. The largest absolute Gasteiger partial charge is 0.496 e. The first-order chi connectivity index (χ1) is 9.60. The van der Waals surface area contributed by atoms with Crippen LogP contribution in [0.15, 0.2) is 24.3 Å². The normalized spacial score (nSPS) is 26.8. The van der Waals surface area contributed by atoms with Crippen LogP contribution in [0.4, 0.5) is 0 Å². The molecule has 2 rings (SSSR count). The van der Waals surface area contributed by atoms with Gasteiger partial charge in [-0.1, -0.05) is 25.1 Å². The van der Waals surface area contributed by atoms with Gasteiger partial charge < -0.3 is 15.4 Å². The standard InChI is InChI=1S/C17H28N2O/c1-13-8-9-16(18)15(10-13)12-19(2)11-14-6-4-5-7-17(14)20-3/h4-7,13,15-16H,8-12,18H2,1-3H3. The molecule has 3 heteroatoms. The Morgan fingerprint density at radius 2 is 2.05 bits per heavy atom. The second-order valence-electron chi connectivity index (χ2n) is 6.35. The van der Waals surface area contributed by atoms with E-state index in [1.165, 1.54) is 24.8 Å². The molecule has 20 heavy (non-hydrogen) atoms. The summed E-state index contributed by atoms with van der Waals surface area (Å²) in [6, 6.07) is 8.61. The molecule has 3 unspecified atom stereocenters. The SMILES string of the molecule is COc1ccccc1CN(C)CC1CC(C)CCC1N. The lowest BCUT2D eigenvalue weighted by Gasteiger charge is -2.35. The predicted molar refractivity (Wildman–Crippen MR) is 83.8 cm³/mol. The molecule has 1 aromatic rings.